The molecular formula is C11H14N4O3S. The van der Waals surface area contributed by atoms with E-state index >= 15 is 0 Å². The lowest BCUT2D eigenvalue weighted by molar-refractivity contribution is -0.385. The van der Waals surface area contributed by atoms with Gasteiger partial charge in [0.25, 0.3) is 5.69 Å². The first-order valence-corrected chi connectivity index (χ1v) is 6.87. The maximum Gasteiger partial charge on any atom is 0.287 e. The molecule has 1 aliphatic heterocycles. The molecule has 0 spiro atoms. The van der Waals surface area contributed by atoms with Crippen LogP contribution in [0.1, 0.15) is 0 Å². The molecule has 1 amide bonds. The van der Waals surface area contributed by atoms with Crippen molar-refractivity contribution in [3.63, 3.8) is 0 Å². The fourth-order valence-corrected chi connectivity index (χ4v) is 2.45. The first-order chi connectivity index (χ1) is 9.16. The van der Waals surface area contributed by atoms with Crippen molar-refractivity contribution in [2.75, 3.05) is 31.9 Å². The van der Waals surface area contributed by atoms with E-state index in [0.29, 0.717) is 10.8 Å². The van der Waals surface area contributed by atoms with Gasteiger partial charge in [0.15, 0.2) is 0 Å². The van der Waals surface area contributed by atoms with Crippen molar-refractivity contribution in [1.29, 1.82) is 0 Å². The van der Waals surface area contributed by atoms with E-state index in [1.54, 1.807) is 6.07 Å². The van der Waals surface area contributed by atoms with Crippen LogP contribution in [-0.2, 0) is 4.79 Å². The molecule has 2 rings (SSSR count). The molecule has 1 aromatic rings. The molecule has 1 saturated heterocycles. The lowest BCUT2D eigenvalue weighted by atomic mass is 10.3. The second kappa shape index (κ2) is 6.48. The molecule has 8 heteroatoms. The zero-order valence-corrected chi connectivity index (χ0v) is 11.1. The predicted molar refractivity (Wildman–Crippen MR) is 71.1 cm³/mol. The third-order valence-electron chi connectivity index (χ3n) is 2.74. The van der Waals surface area contributed by atoms with Gasteiger partial charge in [-0.05, 0) is 6.07 Å². The number of nitrogens with zero attached hydrogens (tertiary/aromatic N) is 3. The SMILES string of the molecule is O=C(CSc1ccc([N+](=O)[O-])cn1)N1CCNCC1. The third kappa shape index (κ3) is 3.90. The van der Waals surface area contributed by atoms with Crippen molar-refractivity contribution in [2.45, 2.75) is 5.03 Å². The highest BCUT2D eigenvalue weighted by Gasteiger charge is 2.16. The summed E-state index contributed by atoms with van der Waals surface area (Å²) in [6.07, 6.45) is 1.21. The topological polar surface area (TPSA) is 88.4 Å². The van der Waals surface area contributed by atoms with Crippen LogP contribution in [0.15, 0.2) is 23.4 Å². The summed E-state index contributed by atoms with van der Waals surface area (Å²) < 4.78 is 0. The van der Waals surface area contributed by atoms with Crippen LogP contribution in [0.5, 0.6) is 0 Å². The lowest BCUT2D eigenvalue weighted by Gasteiger charge is -2.27. The number of rotatable bonds is 4. The molecule has 0 saturated carbocycles. The van der Waals surface area contributed by atoms with E-state index in [-0.39, 0.29) is 11.6 Å². The average Bonchev–Trinajstić information content (AvgIpc) is 2.46. The van der Waals surface area contributed by atoms with E-state index in [0.717, 1.165) is 26.2 Å². The van der Waals surface area contributed by atoms with Gasteiger partial charge >= 0.3 is 0 Å². The molecule has 19 heavy (non-hydrogen) atoms. The molecule has 1 aliphatic rings. The third-order valence-corrected chi connectivity index (χ3v) is 3.67. The number of hydrogen-bond acceptors (Lipinski definition) is 6. The summed E-state index contributed by atoms with van der Waals surface area (Å²) >= 11 is 1.30. The maximum atomic E-state index is 11.9. The van der Waals surface area contributed by atoms with Crippen molar-refractivity contribution in [3.8, 4) is 0 Å². The highest BCUT2D eigenvalue weighted by atomic mass is 32.2. The van der Waals surface area contributed by atoms with Gasteiger partial charge < -0.3 is 10.2 Å². The highest BCUT2D eigenvalue weighted by Crippen LogP contribution is 2.18. The minimum Gasteiger partial charge on any atom is -0.339 e. The molecule has 0 atom stereocenters. The average molecular weight is 282 g/mol. The molecule has 0 bridgehead atoms. The van der Waals surface area contributed by atoms with Crippen LogP contribution in [-0.4, -0.2) is 52.6 Å². The highest BCUT2D eigenvalue weighted by molar-refractivity contribution is 7.99. The summed E-state index contributed by atoms with van der Waals surface area (Å²) in [5, 5.41) is 14.3. The summed E-state index contributed by atoms with van der Waals surface area (Å²) in [7, 11) is 0. The molecule has 0 radical (unpaired) electrons. The molecule has 1 N–H and O–H groups in total. The first-order valence-electron chi connectivity index (χ1n) is 5.88. The van der Waals surface area contributed by atoms with Crippen molar-refractivity contribution < 1.29 is 9.72 Å². The van der Waals surface area contributed by atoms with Gasteiger partial charge in [-0.1, -0.05) is 11.8 Å². The van der Waals surface area contributed by atoms with E-state index in [4.69, 9.17) is 0 Å². The van der Waals surface area contributed by atoms with Crippen molar-refractivity contribution in [3.05, 3.63) is 28.4 Å². The molecule has 1 aromatic heterocycles. The lowest BCUT2D eigenvalue weighted by Crippen LogP contribution is -2.47. The molecule has 1 fully saturated rings. The van der Waals surface area contributed by atoms with Crippen molar-refractivity contribution >= 4 is 23.4 Å². The Morgan fingerprint density at radius 3 is 2.79 bits per heavy atom. The Labute approximate surface area is 114 Å². The first kappa shape index (κ1) is 13.8. The largest absolute Gasteiger partial charge is 0.339 e. The number of nitrogens with one attached hydrogen (secondary N) is 1. The summed E-state index contributed by atoms with van der Waals surface area (Å²) in [6.45, 7) is 3.11. The van der Waals surface area contributed by atoms with Crippen molar-refractivity contribution in [2.24, 2.45) is 0 Å². The van der Waals surface area contributed by atoms with Gasteiger partial charge in [-0.15, -0.1) is 0 Å². The zero-order chi connectivity index (χ0) is 13.7. The summed E-state index contributed by atoms with van der Waals surface area (Å²) in [5.74, 6) is 0.386. The van der Waals surface area contributed by atoms with Gasteiger partial charge in [-0.2, -0.15) is 0 Å². The Morgan fingerprint density at radius 2 is 2.21 bits per heavy atom. The Bertz CT molecular complexity index is 460. The second-order valence-corrected chi connectivity index (χ2v) is 5.03. The van der Waals surface area contributed by atoms with Gasteiger partial charge in [-0.25, -0.2) is 4.98 Å². The van der Waals surface area contributed by atoms with Crippen LogP contribution in [0.2, 0.25) is 0 Å². The molecule has 0 unspecified atom stereocenters. The number of nitro groups is 1. The van der Waals surface area contributed by atoms with Crippen LogP contribution in [0.4, 0.5) is 5.69 Å². The number of pyridine rings is 1. The van der Waals surface area contributed by atoms with Crippen LogP contribution >= 0.6 is 11.8 Å². The number of piperazine rings is 1. The summed E-state index contributed by atoms with van der Waals surface area (Å²) in [6, 6.07) is 2.96. The van der Waals surface area contributed by atoms with Gasteiger partial charge in [0.1, 0.15) is 6.20 Å². The molecule has 0 aliphatic carbocycles. The molecule has 2 heterocycles. The number of thioether (sulfide) groups is 1. The Balaban J connectivity index is 1.84. The number of amides is 1. The van der Waals surface area contributed by atoms with Crippen LogP contribution in [0.3, 0.4) is 0 Å². The Morgan fingerprint density at radius 1 is 1.47 bits per heavy atom. The smallest absolute Gasteiger partial charge is 0.287 e. The fraction of sp³-hybridized carbons (Fsp3) is 0.455. The maximum absolute atomic E-state index is 11.9. The number of aromatic nitrogens is 1. The minimum atomic E-state index is -0.493. The van der Waals surface area contributed by atoms with Crippen LogP contribution in [0, 0.1) is 10.1 Å². The Hall–Kier alpha value is -1.67. The second-order valence-electron chi connectivity index (χ2n) is 4.03. The predicted octanol–water partition coefficient (Wildman–Crippen LogP) is 0.514. The van der Waals surface area contributed by atoms with Gasteiger partial charge in [-0.3, -0.25) is 14.9 Å². The van der Waals surface area contributed by atoms with Crippen LogP contribution in [0.25, 0.3) is 0 Å². The normalized spacial score (nSPS) is 15.3. The number of hydrogen-bond donors (Lipinski definition) is 1. The van der Waals surface area contributed by atoms with Crippen molar-refractivity contribution in [1.82, 2.24) is 15.2 Å². The van der Waals surface area contributed by atoms with E-state index < -0.39 is 4.92 Å². The Kier molecular flexibility index (Phi) is 4.69. The zero-order valence-electron chi connectivity index (χ0n) is 10.2. The molecule has 102 valence electrons. The molecule has 7 nitrogen and oxygen atoms in total. The van der Waals surface area contributed by atoms with E-state index in [2.05, 4.69) is 10.3 Å². The van der Waals surface area contributed by atoms with Crippen LogP contribution < -0.4 is 5.32 Å². The van der Waals surface area contributed by atoms with E-state index in [9.17, 15) is 14.9 Å². The van der Waals surface area contributed by atoms with Gasteiger partial charge in [0.2, 0.25) is 5.91 Å². The van der Waals surface area contributed by atoms with Gasteiger partial charge in [0.05, 0.1) is 15.7 Å². The molecule has 0 aromatic carbocycles. The minimum absolute atomic E-state index is 0.0437. The van der Waals surface area contributed by atoms with Gasteiger partial charge in [0, 0.05) is 32.2 Å². The monoisotopic (exact) mass is 282 g/mol. The summed E-state index contributed by atoms with van der Waals surface area (Å²) in [5.41, 5.74) is -0.0437. The standard InChI is InChI=1S/C11H14N4O3S/c16-11(14-5-3-12-4-6-14)8-19-10-2-1-9(7-13-10)15(17)18/h1-2,7,12H,3-6,8H2. The molecular weight excluding hydrogens is 268 g/mol. The number of carbonyl (C=O) groups excluding carboxylic acids is 1. The quantitative estimate of drug-likeness (QED) is 0.492. The van der Waals surface area contributed by atoms with E-state index in [1.807, 2.05) is 4.90 Å². The fourth-order valence-electron chi connectivity index (χ4n) is 1.71. The van der Waals surface area contributed by atoms with E-state index in [1.165, 1.54) is 24.0 Å². The number of carbonyl (C=O) groups is 1. The summed E-state index contributed by atoms with van der Waals surface area (Å²) in [4.78, 5) is 27.6.